The first-order chi connectivity index (χ1) is 9.72. The van der Waals surface area contributed by atoms with Crippen molar-refractivity contribution in [3.8, 4) is 0 Å². The zero-order valence-corrected chi connectivity index (χ0v) is 12.2. The van der Waals surface area contributed by atoms with Crippen LogP contribution >= 0.6 is 0 Å². The molecule has 0 spiro atoms. The summed E-state index contributed by atoms with van der Waals surface area (Å²) in [5, 5.41) is 0. The van der Waals surface area contributed by atoms with Gasteiger partial charge >= 0.3 is 0 Å². The Bertz CT molecular complexity index is 442. The van der Waals surface area contributed by atoms with Crippen LogP contribution in [0.4, 0.5) is 5.69 Å². The van der Waals surface area contributed by atoms with Crippen LogP contribution in [0.25, 0.3) is 0 Å². The SMILES string of the molecule is Cc1cccc(N(CCCN)C(=O)C2CCOCC2)c1. The highest BCUT2D eigenvalue weighted by Gasteiger charge is 2.27. The molecular formula is C16H24N2O2. The predicted octanol–water partition coefficient (Wildman–Crippen LogP) is 2.10. The highest BCUT2D eigenvalue weighted by atomic mass is 16.5. The smallest absolute Gasteiger partial charge is 0.230 e. The standard InChI is InChI=1S/C16H24N2O2/c1-13-4-2-5-15(12-13)18(9-3-8-17)16(19)14-6-10-20-11-7-14/h2,4-5,12,14H,3,6-11,17H2,1H3. The van der Waals surface area contributed by atoms with E-state index in [1.165, 1.54) is 5.56 Å². The van der Waals surface area contributed by atoms with Crippen LogP contribution in [0.1, 0.15) is 24.8 Å². The maximum Gasteiger partial charge on any atom is 0.230 e. The predicted molar refractivity (Wildman–Crippen MR) is 80.7 cm³/mol. The summed E-state index contributed by atoms with van der Waals surface area (Å²) in [6.45, 7) is 4.72. The van der Waals surface area contributed by atoms with Crippen LogP contribution in [0.15, 0.2) is 24.3 Å². The lowest BCUT2D eigenvalue weighted by Crippen LogP contribution is -2.39. The number of aryl methyl sites for hydroxylation is 1. The van der Waals surface area contributed by atoms with E-state index in [4.69, 9.17) is 10.5 Å². The molecule has 1 heterocycles. The zero-order valence-electron chi connectivity index (χ0n) is 12.2. The number of amides is 1. The molecule has 4 heteroatoms. The van der Waals surface area contributed by atoms with E-state index in [9.17, 15) is 4.79 Å². The molecule has 4 nitrogen and oxygen atoms in total. The molecule has 0 aromatic heterocycles. The molecule has 0 saturated carbocycles. The molecular weight excluding hydrogens is 252 g/mol. The molecule has 0 unspecified atom stereocenters. The van der Waals surface area contributed by atoms with Crippen LogP contribution < -0.4 is 10.6 Å². The van der Waals surface area contributed by atoms with Gasteiger partial charge in [0.25, 0.3) is 0 Å². The van der Waals surface area contributed by atoms with Gasteiger partial charge in [-0.3, -0.25) is 4.79 Å². The number of carbonyl (C=O) groups excluding carboxylic acids is 1. The summed E-state index contributed by atoms with van der Waals surface area (Å²) in [5.74, 6) is 0.300. The van der Waals surface area contributed by atoms with E-state index in [2.05, 4.69) is 6.07 Å². The molecule has 0 bridgehead atoms. The highest BCUT2D eigenvalue weighted by Crippen LogP contribution is 2.23. The molecule has 2 rings (SSSR count). The Morgan fingerprint density at radius 2 is 2.15 bits per heavy atom. The Labute approximate surface area is 120 Å². The van der Waals surface area contributed by atoms with Crippen molar-refractivity contribution in [3.05, 3.63) is 29.8 Å². The van der Waals surface area contributed by atoms with Crippen LogP contribution in [0.2, 0.25) is 0 Å². The van der Waals surface area contributed by atoms with Crippen molar-refractivity contribution in [3.63, 3.8) is 0 Å². The molecule has 2 N–H and O–H groups in total. The van der Waals surface area contributed by atoms with Crippen LogP contribution in [-0.4, -0.2) is 32.2 Å². The van der Waals surface area contributed by atoms with E-state index >= 15 is 0 Å². The summed E-state index contributed by atoms with van der Waals surface area (Å²) < 4.78 is 5.34. The van der Waals surface area contributed by atoms with Gasteiger partial charge in [0, 0.05) is 31.4 Å². The topological polar surface area (TPSA) is 55.6 Å². The lowest BCUT2D eigenvalue weighted by molar-refractivity contribution is -0.125. The molecule has 1 aromatic rings. The molecule has 110 valence electrons. The number of carbonyl (C=O) groups is 1. The molecule has 1 aromatic carbocycles. The van der Waals surface area contributed by atoms with Crippen LogP contribution in [0, 0.1) is 12.8 Å². The average Bonchev–Trinajstić information content (AvgIpc) is 2.48. The number of hydrogen-bond acceptors (Lipinski definition) is 3. The summed E-state index contributed by atoms with van der Waals surface area (Å²) in [6, 6.07) is 8.11. The van der Waals surface area contributed by atoms with E-state index in [1.807, 2.05) is 30.0 Å². The minimum atomic E-state index is 0.0852. The van der Waals surface area contributed by atoms with Crippen molar-refractivity contribution in [2.75, 3.05) is 31.2 Å². The number of rotatable bonds is 5. The third-order valence-electron chi connectivity index (χ3n) is 3.74. The fourth-order valence-electron chi connectivity index (χ4n) is 2.58. The third-order valence-corrected chi connectivity index (χ3v) is 3.74. The molecule has 0 radical (unpaired) electrons. The van der Waals surface area contributed by atoms with Gasteiger partial charge < -0.3 is 15.4 Å². The first-order valence-corrected chi connectivity index (χ1v) is 7.38. The number of anilines is 1. The van der Waals surface area contributed by atoms with Crippen molar-refractivity contribution in [1.82, 2.24) is 0 Å². The van der Waals surface area contributed by atoms with Crippen molar-refractivity contribution in [2.24, 2.45) is 11.7 Å². The molecule has 1 amide bonds. The average molecular weight is 276 g/mol. The Hall–Kier alpha value is -1.39. The summed E-state index contributed by atoms with van der Waals surface area (Å²) >= 11 is 0. The van der Waals surface area contributed by atoms with Crippen LogP contribution in [-0.2, 0) is 9.53 Å². The molecule has 0 atom stereocenters. The van der Waals surface area contributed by atoms with Gasteiger partial charge in [0.15, 0.2) is 0 Å². The summed E-state index contributed by atoms with van der Waals surface area (Å²) in [5.41, 5.74) is 7.75. The van der Waals surface area contributed by atoms with E-state index < -0.39 is 0 Å². The lowest BCUT2D eigenvalue weighted by atomic mass is 9.98. The molecule has 1 aliphatic rings. The second-order valence-corrected chi connectivity index (χ2v) is 5.36. The lowest BCUT2D eigenvalue weighted by Gasteiger charge is -2.29. The summed E-state index contributed by atoms with van der Waals surface area (Å²) in [7, 11) is 0. The highest BCUT2D eigenvalue weighted by molar-refractivity contribution is 5.95. The van der Waals surface area contributed by atoms with E-state index in [1.54, 1.807) is 0 Å². The van der Waals surface area contributed by atoms with Gasteiger partial charge in [-0.25, -0.2) is 0 Å². The normalized spacial score (nSPS) is 16.1. The second kappa shape index (κ2) is 7.41. The van der Waals surface area contributed by atoms with Crippen molar-refractivity contribution >= 4 is 11.6 Å². The van der Waals surface area contributed by atoms with Crippen LogP contribution in [0.3, 0.4) is 0 Å². The van der Waals surface area contributed by atoms with Gasteiger partial charge in [0.1, 0.15) is 0 Å². The van der Waals surface area contributed by atoms with Gasteiger partial charge in [0.05, 0.1) is 0 Å². The number of benzene rings is 1. The van der Waals surface area contributed by atoms with E-state index in [-0.39, 0.29) is 11.8 Å². The van der Waals surface area contributed by atoms with Gasteiger partial charge in [-0.05, 0) is 50.4 Å². The number of ether oxygens (including phenoxy) is 1. The summed E-state index contributed by atoms with van der Waals surface area (Å²) in [6.07, 6.45) is 2.47. The molecule has 1 fully saturated rings. The number of hydrogen-bond donors (Lipinski definition) is 1. The maximum absolute atomic E-state index is 12.7. The fourth-order valence-corrected chi connectivity index (χ4v) is 2.58. The minimum absolute atomic E-state index is 0.0852. The maximum atomic E-state index is 12.7. The molecule has 1 saturated heterocycles. The van der Waals surface area contributed by atoms with Gasteiger partial charge in [-0.2, -0.15) is 0 Å². The molecule has 0 aliphatic carbocycles. The Balaban J connectivity index is 2.15. The van der Waals surface area contributed by atoms with Crippen molar-refractivity contribution < 1.29 is 9.53 Å². The number of nitrogens with two attached hydrogens (primary N) is 1. The van der Waals surface area contributed by atoms with E-state index in [0.717, 1.165) is 24.9 Å². The first kappa shape index (κ1) is 15.0. The minimum Gasteiger partial charge on any atom is -0.381 e. The number of nitrogens with zero attached hydrogens (tertiary/aromatic N) is 1. The largest absolute Gasteiger partial charge is 0.381 e. The Morgan fingerprint density at radius 1 is 1.40 bits per heavy atom. The molecule has 1 aliphatic heterocycles. The van der Waals surface area contributed by atoms with E-state index in [0.29, 0.717) is 26.3 Å². The fraction of sp³-hybridized carbons (Fsp3) is 0.562. The molecule has 20 heavy (non-hydrogen) atoms. The Kier molecular flexibility index (Phi) is 5.56. The first-order valence-electron chi connectivity index (χ1n) is 7.38. The summed E-state index contributed by atoms with van der Waals surface area (Å²) in [4.78, 5) is 14.6. The van der Waals surface area contributed by atoms with Crippen molar-refractivity contribution in [2.45, 2.75) is 26.2 Å². The van der Waals surface area contributed by atoms with Gasteiger partial charge in [-0.1, -0.05) is 12.1 Å². The quantitative estimate of drug-likeness (QED) is 0.896. The monoisotopic (exact) mass is 276 g/mol. The third kappa shape index (κ3) is 3.81. The van der Waals surface area contributed by atoms with Gasteiger partial charge in [-0.15, -0.1) is 0 Å². The Morgan fingerprint density at radius 3 is 2.80 bits per heavy atom. The zero-order chi connectivity index (χ0) is 14.4. The van der Waals surface area contributed by atoms with Crippen LogP contribution in [0.5, 0.6) is 0 Å². The van der Waals surface area contributed by atoms with Gasteiger partial charge in [0.2, 0.25) is 5.91 Å². The second-order valence-electron chi connectivity index (χ2n) is 5.36. The van der Waals surface area contributed by atoms with Crippen molar-refractivity contribution in [1.29, 1.82) is 0 Å².